The van der Waals surface area contributed by atoms with Crippen LogP contribution in [0.15, 0.2) is 23.1 Å². The van der Waals surface area contributed by atoms with Crippen LogP contribution < -0.4 is 0 Å². The average Bonchev–Trinajstić information content (AvgIpc) is 2.87. The number of rotatable bonds is 4. The Hall–Kier alpha value is -1.11. The van der Waals surface area contributed by atoms with Gasteiger partial charge >= 0.3 is 5.97 Å². The van der Waals surface area contributed by atoms with Crippen LogP contribution in [0.1, 0.15) is 36.5 Å². The van der Waals surface area contributed by atoms with Crippen molar-refractivity contribution in [3.8, 4) is 0 Å². The molecule has 110 valence electrons. The zero-order valence-electron chi connectivity index (χ0n) is 11.0. The predicted octanol–water partition coefficient (Wildman–Crippen LogP) is 2.60. The van der Waals surface area contributed by atoms with E-state index in [4.69, 9.17) is 16.7 Å². The summed E-state index contributed by atoms with van der Waals surface area (Å²) in [7, 11) is -3.61. The topological polar surface area (TPSA) is 74.7 Å². The number of benzene rings is 1. The second-order valence-electron chi connectivity index (χ2n) is 4.77. The van der Waals surface area contributed by atoms with E-state index in [1.807, 2.05) is 6.92 Å². The molecule has 1 aliphatic rings. The largest absolute Gasteiger partial charge is 0.478 e. The van der Waals surface area contributed by atoms with Gasteiger partial charge in [-0.15, -0.1) is 0 Å². The summed E-state index contributed by atoms with van der Waals surface area (Å²) in [6.07, 6.45) is 2.47. The van der Waals surface area contributed by atoms with Gasteiger partial charge in [0.25, 0.3) is 0 Å². The van der Waals surface area contributed by atoms with Crippen molar-refractivity contribution in [3.63, 3.8) is 0 Å². The van der Waals surface area contributed by atoms with Crippen molar-refractivity contribution in [3.05, 3.63) is 28.8 Å². The van der Waals surface area contributed by atoms with Gasteiger partial charge in [0.2, 0.25) is 10.0 Å². The highest BCUT2D eigenvalue weighted by molar-refractivity contribution is 7.89. The van der Waals surface area contributed by atoms with Gasteiger partial charge in [-0.25, -0.2) is 13.2 Å². The van der Waals surface area contributed by atoms with Crippen LogP contribution in [-0.2, 0) is 10.0 Å². The predicted molar refractivity (Wildman–Crippen MR) is 75.6 cm³/mol. The normalized spacial score (nSPS) is 20.2. The molecule has 7 heteroatoms. The summed E-state index contributed by atoms with van der Waals surface area (Å²) in [4.78, 5) is 10.9. The number of aromatic carboxylic acids is 1. The number of carboxylic acid groups (broad SMARTS) is 1. The molecular formula is C13H16ClNO4S. The first kappa shape index (κ1) is 15.3. The fraction of sp³-hybridized carbons (Fsp3) is 0.462. The first-order valence-electron chi connectivity index (χ1n) is 6.42. The standard InChI is InChI=1S/C13H16ClNO4S/c1-2-9-4-3-7-15(9)20(18,19)10-5-6-11(13(16)17)12(14)8-10/h5-6,8-9H,2-4,7H2,1H3,(H,16,17). The number of carbonyl (C=O) groups is 1. The van der Waals surface area contributed by atoms with E-state index in [1.54, 1.807) is 0 Å². The van der Waals surface area contributed by atoms with Crippen LogP contribution >= 0.6 is 11.6 Å². The Kier molecular flexibility index (Phi) is 4.36. The summed E-state index contributed by atoms with van der Waals surface area (Å²) >= 11 is 5.84. The minimum absolute atomic E-state index is 0.0120. The molecule has 1 saturated heterocycles. The molecule has 2 rings (SSSR count). The van der Waals surface area contributed by atoms with Gasteiger partial charge in [0.05, 0.1) is 15.5 Å². The number of sulfonamides is 1. The summed E-state index contributed by atoms with van der Waals surface area (Å²) in [6, 6.07) is 3.76. The molecule has 1 unspecified atom stereocenters. The molecule has 0 amide bonds. The van der Waals surface area contributed by atoms with Crippen LogP contribution in [0.25, 0.3) is 0 Å². The molecule has 0 saturated carbocycles. The van der Waals surface area contributed by atoms with E-state index in [-0.39, 0.29) is 21.5 Å². The SMILES string of the molecule is CCC1CCCN1S(=O)(=O)c1ccc(C(=O)O)c(Cl)c1. The molecule has 1 N–H and O–H groups in total. The highest BCUT2D eigenvalue weighted by atomic mass is 35.5. The van der Waals surface area contributed by atoms with E-state index in [1.165, 1.54) is 22.5 Å². The Morgan fingerprint density at radius 2 is 2.20 bits per heavy atom. The minimum atomic E-state index is -3.61. The van der Waals surface area contributed by atoms with Gasteiger partial charge in [-0.1, -0.05) is 18.5 Å². The molecule has 0 spiro atoms. The highest BCUT2D eigenvalue weighted by Gasteiger charge is 2.34. The Balaban J connectivity index is 2.40. The fourth-order valence-electron chi connectivity index (χ4n) is 2.50. The number of carboxylic acids is 1. The van der Waals surface area contributed by atoms with E-state index in [0.29, 0.717) is 6.54 Å². The lowest BCUT2D eigenvalue weighted by molar-refractivity contribution is 0.0697. The van der Waals surface area contributed by atoms with E-state index in [9.17, 15) is 13.2 Å². The van der Waals surface area contributed by atoms with E-state index < -0.39 is 16.0 Å². The van der Waals surface area contributed by atoms with Gasteiger partial charge in [0.1, 0.15) is 0 Å². The molecule has 0 bridgehead atoms. The Morgan fingerprint density at radius 3 is 2.75 bits per heavy atom. The molecule has 1 aliphatic heterocycles. The van der Waals surface area contributed by atoms with Gasteiger partial charge in [0.15, 0.2) is 0 Å². The Morgan fingerprint density at radius 1 is 1.50 bits per heavy atom. The van der Waals surface area contributed by atoms with Gasteiger partial charge < -0.3 is 5.11 Å². The van der Waals surface area contributed by atoms with E-state index >= 15 is 0 Å². The molecule has 0 aromatic heterocycles. The van der Waals surface area contributed by atoms with Crippen molar-refractivity contribution in [2.45, 2.75) is 37.1 Å². The Labute approximate surface area is 123 Å². The van der Waals surface area contributed by atoms with Crippen molar-refractivity contribution < 1.29 is 18.3 Å². The lowest BCUT2D eigenvalue weighted by Crippen LogP contribution is -2.35. The van der Waals surface area contributed by atoms with Crippen LogP contribution in [0, 0.1) is 0 Å². The van der Waals surface area contributed by atoms with Crippen molar-refractivity contribution in [1.29, 1.82) is 0 Å². The lowest BCUT2D eigenvalue weighted by Gasteiger charge is -2.23. The number of nitrogens with zero attached hydrogens (tertiary/aromatic N) is 1. The maximum Gasteiger partial charge on any atom is 0.337 e. The molecule has 1 heterocycles. The van der Waals surface area contributed by atoms with Crippen LogP contribution in [-0.4, -0.2) is 36.4 Å². The summed E-state index contributed by atoms with van der Waals surface area (Å²) in [5, 5.41) is 8.84. The molecule has 1 atom stereocenters. The summed E-state index contributed by atoms with van der Waals surface area (Å²) in [5.74, 6) is -1.17. The van der Waals surface area contributed by atoms with Gasteiger partial charge in [-0.2, -0.15) is 4.31 Å². The first-order valence-corrected chi connectivity index (χ1v) is 8.24. The third-order valence-electron chi connectivity index (χ3n) is 3.57. The average molecular weight is 318 g/mol. The third-order valence-corrected chi connectivity index (χ3v) is 5.83. The first-order chi connectivity index (χ1) is 9.37. The summed E-state index contributed by atoms with van der Waals surface area (Å²) in [5.41, 5.74) is -0.0981. The van der Waals surface area contributed by atoms with Crippen molar-refractivity contribution in [1.82, 2.24) is 4.31 Å². The molecule has 0 aliphatic carbocycles. The fourth-order valence-corrected chi connectivity index (χ4v) is 4.62. The molecule has 0 radical (unpaired) electrons. The second kappa shape index (κ2) is 5.71. The zero-order chi connectivity index (χ0) is 14.9. The Bertz CT molecular complexity index is 629. The minimum Gasteiger partial charge on any atom is -0.478 e. The zero-order valence-corrected chi connectivity index (χ0v) is 12.6. The highest BCUT2D eigenvalue weighted by Crippen LogP contribution is 2.29. The maximum atomic E-state index is 12.6. The molecule has 1 aromatic rings. The van der Waals surface area contributed by atoms with Crippen LogP contribution in [0.2, 0.25) is 5.02 Å². The van der Waals surface area contributed by atoms with Gasteiger partial charge in [0, 0.05) is 12.6 Å². The van der Waals surface area contributed by atoms with Gasteiger partial charge in [-0.05, 0) is 37.5 Å². The number of halogens is 1. The van der Waals surface area contributed by atoms with E-state index in [0.717, 1.165) is 19.3 Å². The quantitative estimate of drug-likeness (QED) is 0.926. The van der Waals surface area contributed by atoms with Crippen molar-refractivity contribution in [2.75, 3.05) is 6.54 Å². The molecule has 1 aromatic carbocycles. The monoisotopic (exact) mass is 317 g/mol. The summed E-state index contributed by atoms with van der Waals surface area (Å²) in [6.45, 7) is 2.46. The van der Waals surface area contributed by atoms with Crippen LogP contribution in [0.4, 0.5) is 0 Å². The number of hydrogen-bond acceptors (Lipinski definition) is 3. The smallest absolute Gasteiger partial charge is 0.337 e. The van der Waals surface area contributed by atoms with Crippen molar-refractivity contribution >= 4 is 27.6 Å². The second-order valence-corrected chi connectivity index (χ2v) is 7.06. The molecule has 5 nitrogen and oxygen atoms in total. The van der Waals surface area contributed by atoms with Gasteiger partial charge in [-0.3, -0.25) is 0 Å². The van der Waals surface area contributed by atoms with E-state index in [2.05, 4.69) is 0 Å². The molecule has 20 heavy (non-hydrogen) atoms. The summed E-state index contributed by atoms with van der Waals surface area (Å²) < 4.78 is 26.6. The maximum absolute atomic E-state index is 12.6. The lowest BCUT2D eigenvalue weighted by atomic mass is 10.2. The molecule has 1 fully saturated rings. The van der Waals surface area contributed by atoms with Crippen molar-refractivity contribution in [2.24, 2.45) is 0 Å². The number of hydrogen-bond donors (Lipinski definition) is 1. The third kappa shape index (κ3) is 2.68. The van der Waals surface area contributed by atoms with Crippen LogP contribution in [0.5, 0.6) is 0 Å². The van der Waals surface area contributed by atoms with Crippen LogP contribution in [0.3, 0.4) is 0 Å². The molecular weight excluding hydrogens is 302 g/mol.